The number of carbonyl (C=O) groups excluding carboxylic acids is 3. The molecular weight excluding hydrogens is 1110 g/mol. The highest BCUT2D eigenvalue weighted by atomic mass is 32.1. The van der Waals surface area contributed by atoms with Gasteiger partial charge in [-0.15, -0.1) is 0 Å². The summed E-state index contributed by atoms with van der Waals surface area (Å²) in [6, 6.07) is 43.2. The van der Waals surface area contributed by atoms with E-state index in [-0.39, 0.29) is 47.8 Å². The number of piperazine rings is 3. The minimum absolute atomic E-state index is 0.0349. The van der Waals surface area contributed by atoms with E-state index in [1.54, 1.807) is 73.2 Å². The van der Waals surface area contributed by atoms with E-state index in [2.05, 4.69) is 50.9 Å². The van der Waals surface area contributed by atoms with Crippen molar-refractivity contribution in [3.05, 3.63) is 221 Å². The Balaban J connectivity index is 0.000000143. The first-order valence-electron chi connectivity index (χ1n) is 28.6. The Labute approximate surface area is 502 Å². The number of rotatable bonds is 14. The van der Waals surface area contributed by atoms with Crippen molar-refractivity contribution >= 4 is 62.5 Å². The van der Waals surface area contributed by atoms with E-state index in [0.29, 0.717) is 27.5 Å². The smallest absolute Gasteiger partial charge is 0.267 e. The van der Waals surface area contributed by atoms with E-state index in [1.807, 2.05) is 67.6 Å². The molecule has 86 heavy (non-hydrogen) atoms. The van der Waals surface area contributed by atoms with Crippen molar-refractivity contribution in [3.8, 4) is 33.4 Å². The van der Waals surface area contributed by atoms with Gasteiger partial charge in [-0.05, 0) is 148 Å². The van der Waals surface area contributed by atoms with Crippen LogP contribution >= 0.6 is 11.3 Å². The third-order valence-electron chi connectivity index (χ3n) is 15.1. The van der Waals surface area contributed by atoms with Crippen LogP contribution in [0.25, 0.3) is 33.4 Å². The second-order valence-electron chi connectivity index (χ2n) is 21.1. The van der Waals surface area contributed by atoms with Crippen LogP contribution in [0.2, 0.25) is 0 Å². The van der Waals surface area contributed by atoms with Crippen molar-refractivity contribution in [2.75, 3.05) is 110 Å². The number of thiazole rings is 1. The molecule has 9 aromatic rings. The lowest BCUT2D eigenvalue weighted by molar-refractivity contribution is 0.0982. The Bertz CT molecular complexity index is 3590. The fraction of sp³-hybridized carbons (Fsp3) is 0.224. The Morgan fingerprint density at radius 3 is 1.48 bits per heavy atom. The Hall–Kier alpha value is -9.27. The van der Waals surface area contributed by atoms with Crippen LogP contribution in [-0.2, 0) is 12.8 Å². The maximum Gasteiger partial charge on any atom is 0.267 e. The molecule has 0 unspecified atom stereocenters. The van der Waals surface area contributed by atoms with Crippen molar-refractivity contribution in [1.29, 1.82) is 0 Å². The van der Waals surface area contributed by atoms with Gasteiger partial charge in [-0.25, -0.2) is 23.1 Å². The summed E-state index contributed by atoms with van der Waals surface area (Å²) < 4.78 is 39.5. The molecule has 12 rings (SSSR count). The largest absolute Gasteiger partial charge is 0.398 e. The molecule has 8 N–H and O–H groups in total. The van der Waals surface area contributed by atoms with E-state index >= 15 is 0 Å². The summed E-state index contributed by atoms with van der Waals surface area (Å²) in [7, 11) is 0. The van der Waals surface area contributed by atoms with Crippen molar-refractivity contribution in [3.63, 3.8) is 0 Å². The first-order valence-corrected chi connectivity index (χ1v) is 29.4. The zero-order valence-corrected chi connectivity index (χ0v) is 48.5. The summed E-state index contributed by atoms with van der Waals surface area (Å²) in [6.45, 7) is 13.0. The average molecular weight is 1180 g/mol. The molecule has 19 heteroatoms. The predicted molar refractivity (Wildman–Crippen MR) is 339 cm³/mol. The van der Waals surface area contributed by atoms with Gasteiger partial charge in [0.15, 0.2) is 16.7 Å². The number of Topliss-reactive ketones (excluding diaryl/α,β-unsaturated/α-hetero) is 2. The lowest BCUT2D eigenvalue weighted by atomic mass is 9.97. The standard InChI is InChI=1S/2C23H23FN4O.C21H21FN4OS/c24-20-5-1-16(2-6-20)17-3-7-21(25)19(13-17)14-22(29)18-4-8-23(27-15-18)28-11-9-26-10-12-28;24-19-4-1-16(2-5-19)17-3-7-21(25)18(13-17)14-23(29)22-8-6-20(15-27-22)28-11-9-26-10-12-28;1-14-2-3-16(15-4-6-17(22)7-5-15)12-18(14)25-20(27)19-13-24-21(28-19)26-10-8-23-9-11-26/h2*1-8,13,15,26H,9-12,14,25H2;2-7,12-13,23H,8-11H2,1H3,(H,25,27). The maximum absolute atomic E-state index is 13.2. The normalized spacial score (nSPS) is 14.1. The number of hydrogen-bond donors (Lipinski definition) is 6. The topological polar surface area (TPSA) is 200 Å². The number of nitrogens with two attached hydrogens (primary N) is 2. The number of pyridine rings is 2. The molecule has 0 spiro atoms. The highest BCUT2D eigenvalue weighted by molar-refractivity contribution is 7.17. The number of amides is 1. The van der Waals surface area contributed by atoms with Gasteiger partial charge in [-0.1, -0.05) is 72.0 Å². The number of nitrogen functional groups attached to an aromatic ring is 2. The van der Waals surface area contributed by atoms with Gasteiger partial charge in [0.1, 0.15) is 33.8 Å². The van der Waals surface area contributed by atoms with Crippen LogP contribution in [0.3, 0.4) is 0 Å². The van der Waals surface area contributed by atoms with Crippen molar-refractivity contribution in [2.24, 2.45) is 0 Å². The van der Waals surface area contributed by atoms with Gasteiger partial charge in [0.05, 0.1) is 18.1 Å². The minimum Gasteiger partial charge on any atom is -0.398 e. The van der Waals surface area contributed by atoms with Gasteiger partial charge in [-0.3, -0.25) is 19.4 Å². The molecule has 0 atom stereocenters. The van der Waals surface area contributed by atoms with Crippen LogP contribution in [0.4, 0.5) is 46.9 Å². The fourth-order valence-electron chi connectivity index (χ4n) is 10.1. The van der Waals surface area contributed by atoms with Gasteiger partial charge < -0.3 is 47.4 Å². The van der Waals surface area contributed by atoms with Gasteiger partial charge >= 0.3 is 0 Å². The molecule has 3 fully saturated rings. The third kappa shape index (κ3) is 15.7. The van der Waals surface area contributed by atoms with Crippen LogP contribution in [0.15, 0.2) is 170 Å². The number of halogens is 3. The van der Waals surface area contributed by atoms with E-state index in [1.165, 1.54) is 47.7 Å². The summed E-state index contributed by atoms with van der Waals surface area (Å²) in [5.41, 5.74) is 23.9. The molecule has 6 heterocycles. The molecule has 1 amide bonds. The van der Waals surface area contributed by atoms with Gasteiger partial charge in [-0.2, -0.15) is 0 Å². The second-order valence-corrected chi connectivity index (χ2v) is 22.1. The monoisotopic (exact) mass is 1180 g/mol. The number of hydrogen-bond acceptors (Lipinski definition) is 15. The molecule has 15 nitrogen and oxygen atoms in total. The number of benzene rings is 6. The minimum atomic E-state index is -0.282. The molecular formula is C67H67F3N12O3S. The summed E-state index contributed by atoms with van der Waals surface area (Å²) in [5.74, 6) is -0.229. The number of aryl methyl sites for hydroxylation is 1. The van der Waals surface area contributed by atoms with Gasteiger partial charge in [0.2, 0.25) is 0 Å². The average Bonchev–Trinajstić information content (AvgIpc) is 4.17. The molecule has 0 bridgehead atoms. The van der Waals surface area contributed by atoms with Crippen molar-refractivity contribution < 1.29 is 27.6 Å². The molecule has 3 aliphatic heterocycles. The maximum atomic E-state index is 13.2. The van der Waals surface area contributed by atoms with Crippen LogP contribution in [0.5, 0.6) is 0 Å². The highest BCUT2D eigenvalue weighted by Crippen LogP contribution is 2.30. The van der Waals surface area contributed by atoms with E-state index in [4.69, 9.17) is 11.5 Å². The quantitative estimate of drug-likeness (QED) is 0.0444. The molecule has 3 aliphatic rings. The number of anilines is 6. The van der Waals surface area contributed by atoms with Crippen molar-refractivity contribution in [1.82, 2.24) is 30.9 Å². The number of nitrogens with one attached hydrogen (secondary N) is 4. The van der Waals surface area contributed by atoms with E-state index in [0.717, 1.165) is 151 Å². The Morgan fingerprint density at radius 1 is 0.500 bits per heavy atom. The van der Waals surface area contributed by atoms with Crippen LogP contribution < -0.4 is 47.4 Å². The molecule has 0 aliphatic carbocycles. The zero-order chi connectivity index (χ0) is 59.9. The number of aromatic nitrogens is 3. The van der Waals surface area contributed by atoms with Crippen molar-refractivity contribution in [2.45, 2.75) is 19.8 Å². The number of nitrogens with zero attached hydrogens (tertiary/aromatic N) is 6. The zero-order valence-electron chi connectivity index (χ0n) is 47.7. The fourth-order valence-corrected chi connectivity index (χ4v) is 11.0. The number of ketones is 2. The molecule has 3 aromatic heterocycles. The molecule has 0 saturated carbocycles. The van der Waals surface area contributed by atoms with Gasteiger partial charge in [0.25, 0.3) is 5.91 Å². The van der Waals surface area contributed by atoms with Crippen LogP contribution in [0.1, 0.15) is 47.2 Å². The lowest BCUT2D eigenvalue weighted by Gasteiger charge is -2.29. The molecule has 0 radical (unpaired) electrons. The Morgan fingerprint density at radius 2 is 0.977 bits per heavy atom. The highest BCUT2D eigenvalue weighted by Gasteiger charge is 2.20. The predicted octanol–water partition coefficient (Wildman–Crippen LogP) is 10.5. The van der Waals surface area contributed by atoms with E-state index in [9.17, 15) is 27.6 Å². The molecule has 6 aromatic carbocycles. The van der Waals surface area contributed by atoms with Gasteiger partial charge in [0, 0.05) is 120 Å². The van der Waals surface area contributed by atoms with Crippen LogP contribution in [0, 0.1) is 24.4 Å². The van der Waals surface area contributed by atoms with E-state index < -0.39 is 0 Å². The summed E-state index contributed by atoms with van der Waals surface area (Å²) in [4.78, 5) is 58.8. The third-order valence-corrected chi connectivity index (χ3v) is 16.2. The Kier molecular flexibility index (Phi) is 19.9. The van der Waals surface area contributed by atoms with Crippen LogP contribution in [-0.4, -0.2) is 111 Å². The molecule has 440 valence electrons. The number of carbonyl (C=O) groups is 3. The SMILES string of the molecule is Cc1ccc(-c2ccc(F)cc2)cc1NC(=O)c1cnc(N2CCNCC2)s1.Nc1ccc(-c2ccc(F)cc2)cc1CC(=O)c1ccc(N2CCNCC2)cn1.Nc1ccc(-c2ccc(F)cc2)cc1CC(=O)c1ccc(N2CCNCC2)nc1. The second kappa shape index (κ2) is 28.5. The first kappa shape index (κ1) is 59.9. The first-order chi connectivity index (χ1) is 41.8. The summed E-state index contributed by atoms with van der Waals surface area (Å²) in [5, 5.41) is 13.8. The summed E-state index contributed by atoms with van der Waals surface area (Å²) >= 11 is 1.41. The summed E-state index contributed by atoms with van der Waals surface area (Å²) in [6.07, 6.45) is 5.39. The lowest BCUT2D eigenvalue weighted by Crippen LogP contribution is -2.43. The molecule has 3 saturated heterocycles.